The molecule has 6 nitrogen and oxygen atoms in total. The molecule has 0 saturated carbocycles. The lowest BCUT2D eigenvalue weighted by molar-refractivity contribution is 0.942. The van der Waals surface area contributed by atoms with E-state index in [1.54, 1.807) is 0 Å². The van der Waals surface area contributed by atoms with E-state index < -0.39 is 0 Å². The smallest absolute Gasteiger partial charge is 0.233 e. The minimum absolute atomic E-state index is 0.505. The van der Waals surface area contributed by atoms with Gasteiger partial charge >= 0.3 is 0 Å². The van der Waals surface area contributed by atoms with Crippen LogP contribution >= 0.6 is 0 Å². The van der Waals surface area contributed by atoms with Gasteiger partial charge < -0.3 is 16.0 Å². The van der Waals surface area contributed by atoms with Crippen molar-refractivity contribution in [1.82, 2.24) is 15.0 Å². The number of benzene rings is 2. The number of hydrogen-bond donors (Lipinski definition) is 3. The molecule has 0 saturated heterocycles. The van der Waals surface area contributed by atoms with Crippen LogP contribution in [0, 0.1) is 27.7 Å². The van der Waals surface area contributed by atoms with Crippen LogP contribution in [0.5, 0.6) is 0 Å². The quantitative estimate of drug-likeness (QED) is 0.512. The van der Waals surface area contributed by atoms with Gasteiger partial charge in [0.25, 0.3) is 0 Å². The van der Waals surface area contributed by atoms with Gasteiger partial charge in [0.05, 0.1) is 0 Å². The molecule has 3 N–H and O–H groups in total. The molecular formula is C22H28N6. The van der Waals surface area contributed by atoms with Crippen molar-refractivity contribution >= 4 is 29.2 Å². The minimum Gasteiger partial charge on any atom is -0.354 e. The highest BCUT2D eigenvalue weighted by Crippen LogP contribution is 2.21. The van der Waals surface area contributed by atoms with E-state index in [0.29, 0.717) is 17.8 Å². The molecule has 0 unspecified atom stereocenters. The lowest BCUT2D eigenvalue weighted by Crippen LogP contribution is -2.10. The molecule has 1 aromatic heterocycles. The summed E-state index contributed by atoms with van der Waals surface area (Å²) in [7, 11) is 0. The van der Waals surface area contributed by atoms with Gasteiger partial charge in [0.1, 0.15) is 0 Å². The molecule has 0 fully saturated rings. The summed E-state index contributed by atoms with van der Waals surface area (Å²) >= 11 is 0. The fraction of sp³-hybridized carbons (Fsp3) is 0.318. The Morgan fingerprint density at radius 3 is 1.39 bits per heavy atom. The number of nitrogens with one attached hydrogen (secondary N) is 3. The van der Waals surface area contributed by atoms with Gasteiger partial charge in [-0.3, -0.25) is 0 Å². The first kappa shape index (κ1) is 19.6. The molecule has 0 aliphatic heterocycles. The summed E-state index contributed by atoms with van der Waals surface area (Å²) in [4.78, 5) is 13.6. The molecule has 6 heteroatoms. The van der Waals surface area contributed by atoms with E-state index in [4.69, 9.17) is 0 Å². The number of anilines is 5. The fourth-order valence-corrected chi connectivity index (χ4v) is 3.16. The van der Waals surface area contributed by atoms with Crippen LogP contribution in [0.1, 0.15) is 35.6 Å². The third-order valence-electron chi connectivity index (χ3n) is 4.12. The molecule has 0 amide bonds. The van der Waals surface area contributed by atoms with Crippen molar-refractivity contribution in [2.75, 3.05) is 22.5 Å². The van der Waals surface area contributed by atoms with Gasteiger partial charge in [-0.2, -0.15) is 15.0 Å². The molecule has 3 rings (SSSR count). The minimum atomic E-state index is 0.505. The molecule has 2 aromatic carbocycles. The van der Waals surface area contributed by atoms with Crippen LogP contribution in [0.25, 0.3) is 0 Å². The van der Waals surface area contributed by atoms with Gasteiger partial charge in [-0.15, -0.1) is 0 Å². The molecule has 3 aromatic rings. The van der Waals surface area contributed by atoms with Crippen LogP contribution in [0.15, 0.2) is 36.4 Å². The predicted octanol–water partition coefficient (Wildman–Crippen LogP) is 5.41. The Labute approximate surface area is 166 Å². The molecule has 0 bridgehead atoms. The Bertz CT molecular complexity index is 855. The van der Waals surface area contributed by atoms with E-state index in [1.807, 2.05) is 0 Å². The van der Waals surface area contributed by atoms with E-state index in [-0.39, 0.29) is 0 Å². The third-order valence-corrected chi connectivity index (χ3v) is 4.12. The molecular weight excluding hydrogens is 348 g/mol. The normalized spacial score (nSPS) is 10.6. The summed E-state index contributed by atoms with van der Waals surface area (Å²) in [5.41, 5.74) is 6.68. The van der Waals surface area contributed by atoms with Gasteiger partial charge in [-0.05, 0) is 80.6 Å². The summed E-state index contributed by atoms with van der Waals surface area (Å²) in [6.07, 6.45) is 0.991. The first-order valence-corrected chi connectivity index (χ1v) is 9.62. The highest BCUT2D eigenvalue weighted by molar-refractivity contribution is 5.61. The highest BCUT2D eigenvalue weighted by Gasteiger charge is 2.08. The average Bonchev–Trinajstić information content (AvgIpc) is 2.58. The maximum atomic E-state index is 4.57. The lowest BCUT2D eigenvalue weighted by Gasteiger charge is -2.12. The van der Waals surface area contributed by atoms with Crippen LogP contribution in [0.3, 0.4) is 0 Å². The van der Waals surface area contributed by atoms with Crippen LogP contribution < -0.4 is 16.0 Å². The van der Waals surface area contributed by atoms with E-state index in [1.165, 1.54) is 22.3 Å². The Hall–Kier alpha value is -3.15. The average molecular weight is 377 g/mol. The molecule has 0 radical (unpaired) electrons. The number of nitrogens with zero attached hydrogens (tertiary/aromatic N) is 3. The monoisotopic (exact) mass is 376 g/mol. The van der Waals surface area contributed by atoms with Gasteiger partial charge in [-0.1, -0.05) is 19.1 Å². The van der Waals surface area contributed by atoms with Crippen molar-refractivity contribution in [1.29, 1.82) is 0 Å². The second-order valence-corrected chi connectivity index (χ2v) is 7.24. The predicted molar refractivity (Wildman–Crippen MR) is 117 cm³/mol. The number of aromatic nitrogens is 3. The SMILES string of the molecule is CCCNc1nc(Nc2cc(C)cc(C)c2)nc(Nc2cc(C)cc(C)c2)n1. The molecule has 1 heterocycles. The standard InChI is InChI=1S/C22H28N6/c1-6-7-23-20-26-21(24-18-10-14(2)8-15(3)11-18)28-22(27-20)25-19-12-16(4)9-17(5)13-19/h8-13H,6-7H2,1-5H3,(H3,23,24,25,26,27,28). The Morgan fingerprint density at radius 2 is 1.00 bits per heavy atom. The summed E-state index contributed by atoms with van der Waals surface area (Å²) in [5, 5.41) is 9.87. The maximum Gasteiger partial charge on any atom is 0.233 e. The van der Waals surface area contributed by atoms with Gasteiger partial charge in [0.15, 0.2) is 0 Å². The van der Waals surface area contributed by atoms with Crippen molar-refractivity contribution < 1.29 is 0 Å². The van der Waals surface area contributed by atoms with Crippen LogP contribution in [-0.4, -0.2) is 21.5 Å². The zero-order valence-corrected chi connectivity index (χ0v) is 17.2. The second kappa shape index (κ2) is 8.69. The van der Waals surface area contributed by atoms with E-state index in [0.717, 1.165) is 24.3 Å². The highest BCUT2D eigenvalue weighted by atomic mass is 15.3. The first-order valence-electron chi connectivity index (χ1n) is 9.62. The van der Waals surface area contributed by atoms with Crippen LogP contribution in [0.4, 0.5) is 29.2 Å². The third kappa shape index (κ3) is 5.42. The van der Waals surface area contributed by atoms with Crippen molar-refractivity contribution in [2.45, 2.75) is 41.0 Å². The molecule has 0 spiro atoms. The first-order chi connectivity index (χ1) is 13.4. The maximum absolute atomic E-state index is 4.57. The fourth-order valence-electron chi connectivity index (χ4n) is 3.16. The summed E-state index contributed by atoms with van der Waals surface area (Å²) in [6.45, 7) is 11.2. The Kier molecular flexibility index (Phi) is 6.09. The zero-order valence-electron chi connectivity index (χ0n) is 17.2. The van der Waals surface area contributed by atoms with Crippen molar-refractivity contribution in [2.24, 2.45) is 0 Å². The molecule has 28 heavy (non-hydrogen) atoms. The summed E-state index contributed by atoms with van der Waals surface area (Å²) in [6, 6.07) is 12.6. The molecule has 0 atom stereocenters. The van der Waals surface area contributed by atoms with Crippen molar-refractivity contribution in [3.63, 3.8) is 0 Å². The molecule has 146 valence electrons. The summed E-state index contributed by atoms with van der Waals surface area (Å²) < 4.78 is 0. The van der Waals surface area contributed by atoms with E-state index >= 15 is 0 Å². The van der Waals surface area contributed by atoms with Gasteiger partial charge in [0.2, 0.25) is 17.8 Å². The Balaban J connectivity index is 1.91. The Morgan fingerprint density at radius 1 is 0.607 bits per heavy atom. The molecule has 0 aliphatic carbocycles. The lowest BCUT2D eigenvalue weighted by atomic mass is 10.1. The molecule has 0 aliphatic rings. The van der Waals surface area contributed by atoms with E-state index in [2.05, 4.69) is 102 Å². The van der Waals surface area contributed by atoms with Crippen LogP contribution in [-0.2, 0) is 0 Å². The van der Waals surface area contributed by atoms with E-state index in [9.17, 15) is 0 Å². The second-order valence-electron chi connectivity index (χ2n) is 7.24. The van der Waals surface area contributed by atoms with Gasteiger partial charge in [-0.25, -0.2) is 0 Å². The zero-order chi connectivity index (χ0) is 20.1. The van der Waals surface area contributed by atoms with Crippen molar-refractivity contribution in [3.05, 3.63) is 58.7 Å². The number of hydrogen-bond acceptors (Lipinski definition) is 6. The summed E-state index contributed by atoms with van der Waals surface area (Å²) in [5.74, 6) is 1.56. The van der Waals surface area contributed by atoms with Crippen LogP contribution in [0.2, 0.25) is 0 Å². The number of rotatable bonds is 7. The largest absolute Gasteiger partial charge is 0.354 e. The van der Waals surface area contributed by atoms with Crippen molar-refractivity contribution in [3.8, 4) is 0 Å². The number of aryl methyl sites for hydroxylation is 4. The van der Waals surface area contributed by atoms with Gasteiger partial charge in [0, 0.05) is 17.9 Å². The topological polar surface area (TPSA) is 74.8 Å².